The minimum Gasteiger partial charge on any atom is -0.462 e. The third-order valence-electron chi connectivity index (χ3n) is 5.18. The van der Waals surface area contributed by atoms with Crippen molar-refractivity contribution >= 4 is 24.4 Å². The van der Waals surface area contributed by atoms with E-state index in [2.05, 4.69) is 15.1 Å². The first-order valence-electron chi connectivity index (χ1n) is 11.0. The van der Waals surface area contributed by atoms with Gasteiger partial charge in [-0.1, -0.05) is 0 Å². The standard InChI is InChI=1S/C21H29N4O9PS/c1-12(2)32-18(28)13(3)24-35(36,34-14-6-5-8-22-10-14)31-11-15-17(27)21(4,30)19(33-15)25-9-7-16(26)23-20(25)29/h5-10,12-13,15,17,19,27,30H,11H2,1-4H3,(H,24,36)(H,23,26,29)/t13?,15-,17-,19-,21-,35?/m1/s1. The van der Waals surface area contributed by atoms with Crippen LogP contribution < -0.4 is 20.9 Å². The number of aliphatic hydroxyl groups excluding tert-OH is 1. The number of rotatable bonds is 10. The van der Waals surface area contributed by atoms with E-state index in [0.717, 1.165) is 16.8 Å². The summed E-state index contributed by atoms with van der Waals surface area (Å²) in [5, 5.41) is 24.5. The van der Waals surface area contributed by atoms with Gasteiger partial charge in [0.15, 0.2) is 6.23 Å². The molecule has 6 atom stereocenters. The molecule has 0 aliphatic carbocycles. The molecular weight excluding hydrogens is 515 g/mol. The monoisotopic (exact) mass is 544 g/mol. The fraction of sp³-hybridized carbons (Fsp3) is 0.524. The fourth-order valence-electron chi connectivity index (χ4n) is 3.42. The maximum Gasteiger partial charge on any atom is 0.330 e. The highest BCUT2D eigenvalue weighted by molar-refractivity contribution is 8.09. The number of carbonyl (C=O) groups is 1. The minimum absolute atomic E-state index is 0.273. The average Bonchev–Trinajstić information content (AvgIpc) is 3.01. The zero-order chi connectivity index (χ0) is 26.7. The van der Waals surface area contributed by atoms with Crippen molar-refractivity contribution in [3.05, 3.63) is 57.6 Å². The first kappa shape index (κ1) is 28.1. The van der Waals surface area contributed by atoms with Gasteiger partial charge in [0.2, 0.25) is 0 Å². The number of aromatic nitrogens is 3. The molecule has 2 unspecified atom stereocenters. The lowest BCUT2D eigenvalue weighted by Crippen LogP contribution is -2.47. The molecule has 2 aromatic rings. The van der Waals surface area contributed by atoms with E-state index in [9.17, 15) is 24.6 Å². The Labute approximate surface area is 211 Å². The second-order valence-corrected chi connectivity index (χ2v) is 11.8. The molecule has 4 N–H and O–H groups in total. The summed E-state index contributed by atoms with van der Waals surface area (Å²) in [6.45, 7) is 2.39. The molecule has 0 aromatic carbocycles. The van der Waals surface area contributed by atoms with Crippen molar-refractivity contribution in [2.75, 3.05) is 6.61 Å². The predicted molar refractivity (Wildman–Crippen MR) is 131 cm³/mol. The highest BCUT2D eigenvalue weighted by Gasteiger charge is 2.53. The molecule has 1 aliphatic rings. The summed E-state index contributed by atoms with van der Waals surface area (Å²) in [4.78, 5) is 42.0. The summed E-state index contributed by atoms with van der Waals surface area (Å²) in [7, 11) is 0. The predicted octanol–water partition coefficient (Wildman–Crippen LogP) is 0.191. The number of aliphatic hydroxyl groups is 2. The highest BCUT2D eigenvalue weighted by Crippen LogP contribution is 2.47. The molecular formula is C21H29N4O9PS. The summed E-state index contributed by atoms with van der Waals surface area (Å²) in [6.07, 6.45) is -0.247. The van der Waals surface area contributed by atoms with Crippen LogP contribution in [0.1, 0.15) is 33.9 Å². The molecule has 198 valence electrons. The van der Waals surface area contributed by atoms with E-state index in [1.54, 1.807) is 26.0 Å². The molecule has 15 heteroatoms. The Kier molecular flexibility index (Phi) is 8.83. The van der Waals surface area contributed by atoms with Gasteiger partial charge in [-0.05, 0) is 51.6 Å². The fourth-order valence-corrected chi connectivity index (χ4v) is 5.82. The summed E-state index contributed by atoms with van der Waals surface area (Å²) >= 11 is 5.61. The van der Waals surface area contributed by atoms with Gasteiger partial charge in [0.25, 0.3) is 5.56 Å². The van der Waals surface area contributed by atoms with Crippen LogP contribution in [0.15, 0.2) is 46.4 Å². The third-order valence-corrected chi connectivity index (χ3v) is 7.68. The Morgan fingerprint density at radius 2 is 2.11 bits per heavy atom. The lowest BCUT2D eigenvalue weighted by atomic mass is 9.96. The summed E-state index contributed by atoms with van der Waals surface area (Å²) in [5.74, 6) is -0.300. The number of aromatic amines is 1. The maximum absolute atomic E-state index is 12.3. The van der Waals surface area contributed by atoms with E-state index in [1.807, 2.05) is 0 Å². The zero-order valence-corrected chi connectivity index (χ0v) is 21.8. The number of nitrogens with one attached hydrogen (secondary N) is 2. The number of ether oxygens (including phenoxy) is 2. The quantitative estimate of drug-likeness (QED) is 0.236. The zero-order valence-electron chi connectivity index (χ0n) is 20.1. The topological polar surface area (TPSA) is 174 Å². The van der Waals surface area contributed by atoms with Crippen molar-refractivity contribution in [2.24, 2.45) is 0 Å². The first-order valence-corrected chi connectivity index (χ1v) is 13.7. The van der Waals surface area contributed by atoms with Gasteiger partial charge in [0, 0.05) is 18.5 Å². The largest absolute Gasteiger partial charge is 0.462 e. The van der Waals surface area contributed by atoms with E-state index < -0.39 is 53.9 Å². The molecule has 2 aromatic heterocycles. The second kappa shape index (κ2) is 11.3. The number of esters is 1. The van der Waals surface area contributed by atoms with E-state index in [-0.39, 0.29) is 18.5 Å². The van der Waals surface area contributed by atoms with Gasteiger partial charge in [0.1, 0.15) is 29.6 Å². The molecule has 1 fully saturated rings. The van der Waals surface area contributed by atoms with Gasteiger partial charge in [-0.25, -0.2) is 9.88 Å². The Morgan fingerprint density at radius 3 is 2.72 bits per heavy atom. The van der Waals surface area contributed by atoms with Crippen molar-refractivity contribution in [3.63, 3.8) is 0 Å². The normalized spacial score (nSPS) is 26.4. The first-order chi connectivity index (χ1) is 16.8. The van der Waals surface area contributed by atoms with Crippen molar-refractivity contribution in [2.45, 2.75) is 63.9 Å². The highest BCUT2D eigenvalue weighted by atomic mass is 32.5. The number of H-pyrrole nitrogens is 1. The van der Waals surface area contributed by atoms with Crippen molar-refractivity contribution in [3.8, 4) is 5.75 Å². The molecule has 13 nitrogen and oxygen atoms in total. The van der Waals surface area contributed by atoms with E-state index in [4.69, 9.17) is 30.3 Å². The number of carbonyl (C=O) groups excluding carboxylic acids is 1. The van der Waals surface area contributed by atoms with Gasteiger partial charge >= 0.3 is 18.3 Å². The molecule has 0 amide bonds. The molecule has 0 radical (unpaired) electrons. The van der Waals surface area contributed by atoms with Crippen LogP contribution in [0, 0.1) is 0 Å². The molecule has 0 saturated carbocycles. The molecule has 1 aliphatic heterocycles. The van der Waals surface area contributed by atoms with Crippen LogP contribution in [-0.4, -0.2) is 67.3 Å². The Bertz CT molecular complexity index is 1220. The second-order valence-electron chi connectivity index (χ2n) is 8.62. The van der Waals surface area contributed by atoms with Crippen molar-refractivity contribution in [1.82, 2.24) is 19.6 Å². The molecule has 3 heterocycles. The van der Waals surface area contributed by atoms with Gasteiger partial charge in [-0.2, -0.15) is 0 Å². The summed E-state index contributed by atoms with van der Waals surface area (Å²) in [6, 6.07) is 3.40. The Hall–Kier alpha value is -2.45. The van der Waals surface area contributed by atoms with E-state index in [1.165, 1.54) is 26.2 Å². The summed E-state index contributed by atoms with van der Waals surface area (Å²) in [5.41, 5.74) is -3.38. The number of hydrogen-bond donors (Lipinski definition) is 4. The van der Waals surface area contributed by atoms with Crippen LogP contribution in [0.5, 0.6) is 5.75 Å². The molecule has 3 rings (SSSR count). The number of nitrogens with zero attached hydrogens (tertiary/aromatic N) is 2. The lowest BCUT2D eigenvalue weighted by Gasteiger charge is -2.28. The number of pyridine rings is 1. The third kappa shape index (κ3) is 6.65. The van der Waals surface area contributed by atoms with Gasteiger partial charge < -0.3 is 28.7 Å². The Morgan fingerprint density at radius 1 is 1.39 bits per heavy atom. The van der Waals surface area contributed by atoms with Crippen LogP contribution in [0.2, 0.25) is 0 Å². The van der Waals surface area contributed by atoms with E-state index >= 15 is 0 Å². The van der Waals surface area contributed by atoms with E-state index in [0.29, 0.717) is 0 Å². The van der Waals surface area contributed by atoms with Gasteiger partial charge in [-0.3, -0.25) is 24.1 Å². The average molecular weight is 545 g/mol. The SMILES string of the molecule is CC(C)OC(=O)C(C)NP(=S)(OC[C@H]1O[C@@H](n2ccc(=O)[nH]c2=O)[C@](C)(O)[C@@H]1O)Oc1cccnc1. The van der Waals surface area contributed by atoms with Crippen LogP contribution in [0.4, 0.5) is 0 Å². The van der Waals surface area contributed by atoms with Crippen LogP contribution in [0.25, 0.3) is 0 Å². The molecule has 0 spiro atoms. The number of hydrogen-bond acceptors (Lipinski definition) is 11. The summed E-state index contributed by atoms with van der Waals surface area (Å²) < 4.78 is 23.6. The maximum atomic E-state index is 12.3. The van der Waals surface area contributed by atoms with Crippen molar-refractivity contribution < 1.29 is 33.5 Å². The van der Waals surface area contributed by atoms with Crippen molar-refractivity contribution in [1.29, 1.82) is 0 Å². The molecule has 1 saturated heterocycles. The van der Waals surface area contributed by atoms with Crippen LogP contribution in [-0.2, 0) is 30.6 Å². The Balaban J connectivity index is 1.80. The molecule has 0 bridgehead atoms. The van der Waals surface area contributed by atoms with Gasteiger partial charge in [0.05, 0.1) is 18.9 Å². The molecule has 36 heavy (non-hydrogen) atoms. The van der Waals surface area contributed by atoms with Gasteiger partial charge in [-0.15, -0.1) is 0 Å². The lowest BCUT2D eigenvalue weighted by molar-refractivity contribution is -0.149. The minimum atomic E-state index is -3.47. The van der Waals surface area contributed by atoms with Crippen LogP contribution in [0.3, 0.4) is 0 Å². The smallest absolute Gasteiger partial charge is 0.330 e. The van der Waals surface area contributed by atoms with Crippen LogP contribution >= 0.6 is 6.64 Å².